The second-order valence-corrected chi connectivity index (χ2v) is 47.5. The van der Waals surface area contributed by atoms with Crippen molar-refractivity contribution in [2.75, 3.05) is 26.1 Å². The van der Waals surface area contributed by atoms with E-state index in [1.807, 2.05) is 40.7 Å². The fraction of sp³-hybridized carbons (Fsp3) is 0.449. The van der Waals surface area contributed by atoms with E-state index in [1.54, 1.807) is 172 Å². The molecule has 0 radical (unpaired) electrons. The molecule has 8 aromatic carbocycles. The number of rotatable bonds is 28. The highest BCUT2D eigenvalue weighted by Crippen LogP contribution is 2.52. The Morgan fingerprint density at radius 3 is 1.19 bits per heavy atom. The number of aliphatic hydroxyl groups is 2. The number of aliphatic hydroxyl groups excluding tert-OH is 2. The number of hydrogen-bond donors (Lipinski definition) is 8. The van der Waals surface area contributed by atoms with Crippen molar-refractivity contribution >= 4 is 125 Å². The van der Waals surface area contributed by atoms with E-state index in [0.717, 1.165) is 97.1 Å². The third-order valence-electron chi connectivity index (χ3n) is 25.3. The number of halogens is 6. The summed E-state index contributed by atoms with van der Waals surface area (Å²) in [7, 11) is -3.62. The van der Waals surface area contributed by atoms with Crippen molar-refractivity contribution in [2.45, 2.75) is 228 Å². The van der Waals surface area contributed by atoms with Gasteiger partial charge in [0.2, 0.25) is 0 Å². The molecular weight excluding hydrogens is 1980 g/mol. The van der Waals surface area contributed by atoms with Crippen molar-refractivity contribution in [2.24, 2.45) is 42.2 Å². The Morgan fingerprint density at radius 2 is 0.819 bits per heavy atom. The van der Waals surface area contributed by atoms with Crippen molar-refractivity contribution in [3.63, 3.8) is 0 Å². The maximum absolute atomic E-state index is 14.8. The molecule has 0 aliphatic carbocycles. The van der Waals surface area contributed by atoms with Gasteiger partial charge in [0.1, 0.15) is 45.9 Å². The van der Waals surface area contributed by atoms with E-state index in [-0.39, 0.29) is 97.5 Å². The minimum absolute atomic E-state index is 0.00616. The first-order valence-corrected chi connectivity index (χ1v) is 49.1. The number of nitrogens with one attached hydrogen (secondary N) is 5. The molecule has 1 aliphatic heterocycles. The largest absolute Gasteiger partial charge is 0.469 e. The predicted octanol–water partition coefficient (Wildman–Crippen LogP) is 20.3. The minimum Gasteiger partial charge on any atom is -0.469 e. The molecule has 786 valence electrons. The molecule has 2 amide bonds. The first kappa shape index (κ1) is 124. The van der Waals surface area contributed by atoms with Crippen LogP contribution in [0.15, 0.2) is 179 Å². The van der Waals surface area contributed by atoms with Crippen LogP contribution in [0.1, 0.15) is 241 Å². The Labute approximate surface area is 849 Å². The lowest BCUT2D eigenvalue weighted by Crippen LogP contribution is -2.57. The highest BCUT2D eigenvalue weighted by Gasteiger charge is 2.54. The van der Waals surface area contributed by atoms with Crippen LogP contribution in [0.25, 0.3) is 0 Å². The highest BCUT2D eigenvalue weighted by molar-refractivity contribution is 8.14. The fourth-order valence-corrected chi connectivity index (χ4v) is 17.4. The number of thiocarbonyl (C=S) groups is 1. The SMILES string of the molecule is CC(=N[S@](=O)C(C)(C)C)c1cc([N+](=O)[O-])ccc1F.CC(C)(C)[S@@](=O)N[C@](C)(c1cc([N+](=O)[O-])ccc1F)C(C)(C)CO.CC(C)(CO)[C@](C)(N)c1cc([N+](=O)[O-])ccc1F.CC1(C)CSC(NC(=O)c2ccccc2)=N[C@]1(C)c1cc([N+](=O)[O-])ccc1F.CCC(C)(C)[C@](C)(NC(=S)NC(=O)c1ccccc1)c1cc([N+](=O)[O-])ccc1F.COC(=O)C(C)(C)[C@](C)(N[S@](=O)C(C)(C)C)c1cc([N+](=O)[O-])ccc1F. The average molecular weight is 2110 g/mol. The van der Waals surface area contributed by atoms with E-state index < -0.39 is 178 Å². The normalized spacial score (nSPS) is 16.1. The zero-order valence-electron chi connectivity index (χ0n) is 85.1. The number of hydrogen-bond acceptors (Lipinski definition) is 25. The van der Waals surface area contributed by atoms with Gasteiger partial charge >= 0.3 is 5.97 Å². The molecule has 0 unspecified atom stereocenters. The number of methoxy groups -OCH3 is 1. The van der Waals surface area contributed by atoms with Crippen LogP contribution in [-0.2, 0) is 70.2 Å². The zero-order valence-corrected chi connectivity index (χ0v) is 89.2. The number of ether oxygens (including phenoxy) is 1. The van der Waals surface area contributed by atoms with E-state index in [4.69, 9.17) is 22.7 Å². The molecule has 1 heterocycles. The van der Waals surface area contributed by atoms with Gasteiger partial charge in [0.05, 0.1) is 119 Å². The summed E-state index contributed by atoms with van der Waals surface area (Å²) in [5.41, 5.74) is -4.70. The van der Waals surface area contributed by atoms with Gasteiger partial charge in [-0.15, -0.1) is 0 Å². The summed E-state index contributed by atoms with van der Waals surface area (Å²) in [6, 6.07) is 36.8. The molecule has 46 heteroatoms. The van der Waals surface area contributed by atoms with Crippen LogP contribution < -0.4 is 31.1 Å². The smallest absolute Gasteiger partial charge is 0.313 e. The van der Waals surface area contributed by atoms with Gasteiger partial charge in [-0.25, -0.2) is 48.4 Å². The lowest BCUT2D eigenvalue weighted by Gasteiger charge is -2.45. The van der Waals surface area contributed by atoms with Gasteiger partial charge in [-0.1, -0.05) is 110 Å². The number of carbonyl (C=O) groups excluding carboxylic acids is 3. The standard InChI is InChI=1S/C21H24FN3O3S.C20H20FN3O3S.C17H25FN2O5S.C16H25FN2O4S.C12H15FN2O3S.C12H17FN2O3/c1-5-20(2,3)21(4,16-13-15(25(27)28)11-12-17(16)22)24-19(29)23-18(26)14-9-7-6-8-10-14;1-19(2)12-28-18(22-17(25)13-7-5-4-6-8-13)23-20(19,3)15-11-14(24(26)27)9-10-16(15)21;1-15(2,3)26(24)19-17(6,16(4,5)14(21)25-7)12-10-11(20(22)23)8-9-13(12)18;1-14(2,3)24(23)18-16(6,15(4,5)10-20)12-9-11(19(21)22)7-8-13(12)17;1-8(14-19(18)12(2,3)4)10-7-9(15(16)17)5-6-11(10)13;1-11(2,7-16)12(3,14)9-6-8(15(17)18)4-5-10(9)13/h6-13H,5H2,1-4H3,(H2,23,24,26,29);4-11H,12H2,1-3H3,(H,22,23,25);8-10,19H,1-7H3;7-9,18,20H,10H2,1-6H3;5-7H,1-4H3;4-6,16H,7,14H2,1-3H3/t21-;20-;17-,26-;16-,24-;19-;12-/m111111/s1. The van der Waals surface area contributed by atoms with Gasteiger partial charge in [0.15, 0.2) is 10.3 Å². The van der Waals surface area contributed by atoms with Crippen molar-refractivity contribution in [3.05, 3.63) is 310 Å². The molecule has 8 atom stereocenters. The molecule has 0 fully saturated rings. The summed E-state index contributed by atoms with van der Waals surface area (Å²) in [5.74, 6) is -4.66. The summed E-state index contributed by atoms with van der Waals surface area (Å²) in [6.07, 6.45) is 0.619. The monoisotopic (exact) mass is 2110 g/mol. The number of nitro benzene ring substituents is 6. The molecule has 0 saturated heterocycles. The summed E-state index contributed by atoms with van der Waals surface area (Å²) in [5, 5.41) is 93.8. The Bertz CT molecular complexity index is 6220. The van der Waals surface area contributed by atoms with Crippen LogP contribution in [-0.4, -0.2) is 126 Å². The van der Waals surface area contributed by atoms with E-state index in [0.29, 0.717) is 28.5 Å². The molecule has 1 aliphatic rings. The number of nitrogens with zero attached hydrogens (tertiary/aromatic N) is 8. The Balaban J connectivity index is 0.000000363. The summed E-state index contributed by atoms with van der Waals surface area (Å²) < 4.78 is 136. The van der Waals surface area contributed by atoms with Crippen LogP contribution in [0.3, 0.4) is 0 Å². The van der Waals surface area contributed by atoms with E-state index >= 15 is 0 Å². The topological polar surface area (TPSA) is 522 Å². The molecular formula is C98H126F6N14O21S5. The molecule has 9 rings (SSSR count). The summed E-state index contributed by atoms with van der Waals surface area (Å²) in [6.45, 7) is 43.9. The summed E-state index contributed by atoms with van der Waals surface area (Å²) in [4.78, 5) is 104. The van der Waals surface area contributed by atoms with Crippen LogP contribution in [0.5, 0.6) is 0 Å². The molecule has 8 aromatic rings. The second kappa shape index (κ2) is 49.2. The first-order valence-electron chi connectivity index (χ1n) is 44.3. The number of aliphatic imine (C=N–C) groups is 1. The third-order valence-corrected chi connectivity index (χ3v) is 31.8. The van der Waals surface area contributed by atoms with Crippen molar-refractivity contribution in [3.8, 4) is 0 Å². The lowest BCUT2D eigenvalue weighted by atomic mass is 9.67. The van der Waals surface area contributed by atoms with Crippen molar-refractivity contribution in [1.82, 2.24) is 25.4 Å². The molecule has 0 saturated carbocycles. The zero-order chi connectivity index (χ0) is 111. The number of benzene rings is 8. The lowest BCUT2D eigenvalue weighted by molar-refractivity contribution is -0.385. The van der Waals surface area contributed by atoms with Crippen molar-refractivity contribution in [1.29, 1.82) is 0 Å². The van der Waals surface area contributed by atoms with Gasteiger partial charge < -0.3 is 31.3 Å². The van der Waals surface area contributed by atoms with E-state index in [1.165, 1.54) is 58.7 Å². The van der Waals surface area contributed by atoms with Gasteiger partial charge in [0.25, 0.3) is 45.9 Å². The first-order chi connectivity index (χ1) is 65.8. The number of nitrogens with two attached hydrogens (primary N) is 1. The number of carbonyl (C=O) groups is 3. The molecule has 0 spiro atoms. The second-order valence-electron chi connectivity index (χ2n) is 40.3. The van der Waals surface area contributed by atoms with Crippen molar-refractivity contribution < 1.29 is 97.8 Å². The molecule has 0 aromatic heterocycles. The third kappa shape index (κ3) is 30.6. The van der Waals surface area contributed by atoms with E-state index in [9.17, 15) is 124 Å². The quantitative estimate of drug-likeness (QED) is 0.00564. The van der Waals surface area contributed by atoms with Gasteiger partial charge in [-0.05, 0) is 202 Å². The maximum Gasteiger partial charge on any atom is 0.313 e. The molecule has 144 heavy (non-hydrogen) atoms. The summed E-state index contributed by atoms with van der Waals surface area (Å²) >= 11 is 6.69. The molecule has 0 bridgehead atoms. The van der Waals surface area contributed by atoms with Gasteiger partial charge in [0, 0.05) is 145 Å². The fourth-order valence-electron chi connectivity index (χ4n) is 13.2. The molecule has 35 nitrogen and oxygen atoms in total. The Kier molecular flexibility index (Phi) is 42.5. The number of esters is 1. The number of nitro groups is 6. The number of non-ortho nitro benzene ring substituents is 6. The predicted molar refractivity (Wildman–Crippen MR) is 550 cm³/mol. The number of amidine groups is 1. The minimum atomic E-state index is -1.69. The van der Waals surface area contributed by atoms with Crippen LogP contribution >= 0.6 is 24.0 Å². The van der Waals surface area contributed by atoms with Gasteiger partial charge in [-0.3, -0.25) is 85.4 Å². The number of thioether (sulfide) groups is 1. The Morgan fingerprint density at radius 1 is 0.479 bits per heavy atom. The average Bonchev–Trinajstić information content (AvgIpc) is 0.740. The highest BCUT2D eigenvalue weighted by atomic mass is 32.2. The van der Waals surface area contributed by atoms with E-state index in [2.05, 4.69) is 34.8 Å². The van der Waals surface area contributed by atoms with Crippen LogP contribution in [0.2, 0.25) is 0 Å². The van der Waals surface area contributed by atoms with Gasteiger partial charge in [-0.2, -0.15) is 4.40 Å². The van der Waals surface area contributed by atoms with Crippen LogP contribution in [0.4, 0.5) is 60.5 Å². The van der Waals surface area contributed by atoms with Crippen LogP contribution in [0, 0.1) is 123 Å². The number of amides is 2. The Hall–Kier alpha value is -12.0. The molecule has 9 N–H and O–H groups in total. The maximum atomic E-state index is 14.8.